The van der Waals surface area contributed by atoms with Crippen molar-refractivity contribution in [2.75, 3.05) is 4.90 Å². The molecule has 3 aromatic rings. The molecular formula is C19H20N2OS. The molecule has 23 heavy (non-hydrogen) atoms. The van der Waals surface area contributed by atoms with E-state index in [2.05, 4.69) is 58.4 Å². The molecule has 0 saturated heterocycles. The highest BCUT2D eigenvalue weighted by Crippen LogP contribution is 2.29. The number of nitrogens with zero attached hydrogens (tertiary/aromatic N) is 2. The summed E-state index contributed by atoms with van der Waals surface area (Å²) < 4.78 is 0. The van der Waals surface area contributed by atoms with Crippen LogP contribution < -0.4 is 4.90 Å². The van der Waals surface area contributed by atoms with E-state index in [9.17, 15) is 5.11 Å². The van der Waals surface area contributed by atoms with Crippen LogP contribution in [0.2, 0.25) is 0 Å². The number of thiazole rings is 1. The van der Waals surface area contributed by atoms with Crippen molar-refractivity contribution >= 4 is 16.5 Å². The van der Waals surface area contributed by atoms with Crippen molar-refractivity contribution in [3.63, 3.8) is 0 Å². The van der Waals surface area contributed by atoms with Gasteiger partial charge in [-0.3, -0.25) is 0 Å². The Labute approximate surface area is 140 Å². The molecule has 1 unspecified atom stereocenters. The van der Waals surface area contributed by atoms with Gasteiger partial charge in [-0.05, 0) is 18.1 Å². The van der Waals surface area contributed by atoms with Gasteiger partial charge in [0.05, 0.1) is 11.0 Å². The fourth-order valence-corrected chi connectivity index (χ4v) is 3.27. The number of aliphatic hydroxyl groups is 1. The lowest BCUT2D eigenvalue weighted by molar-refractivity contribution is 0.203. The van der Waals surface area contributed by atoms with E-state index in [1.165, 1.54) is 11.1 Å². The summed E-state index contributed by atoms with van der Waals surface area (Å²) in [5.41, 5.74) is 2.49. The maximum Gasteiger partial charge on any atom is 0.186 e. The van der Waals surface area contributed by atoms with Gasteiger partial charge < -0.3 is 10.0 Å². The molecule has 0 amide bonds. The van der Waals surface area contributed by atoms with E-state index < -0.39 is 6.10 Å². The number of anilines is 1. The molecule has 0 saturated carbocycles. The molecule has 0 aliphatic rings. The molecule has 4 heteroatoms. The Hall–Kier alpha value is -2.17. The topological polar surface area (TPSA) is 36.4 Å². The zero-order chi connectivity index (χ0) is 16.1. The first kappa shape index (κ1) is 15.7. The molecular weight excluding hydrogens is 304 g/mol. The van der Waals surface area contributed by atoms with E-state index in [4.69, 9.17) is 0 Å². The highest BCUT2D eigenvalue weighted by molar-refractivity contribution is 7.15. The number of aliphatic hydroxyl groups excluding tert-OH is 1. The van der Waals surface area contributed by atoms with Crippen LogP contribution >= 0.6 is 11.3 Å². The molecule has 0 bridgehead atoms. The molecule has 0 fully saturated rings. The maximum absolute atomic E-state index is 9.75. The predicted octanol–water partition coefficient (Wildman–Crippen LogP) is 4.40. The second-order valence-corrected chi connectivity index (χ2v) is 6.59. The van der Waals surface area contributed by atoms with Crippen LogP contribution in [-0.2, 0) is 13.1 Å². The van der Waals surface area contributed by atoms with Crippen LogP contribution in [0, 0.1) is 0 Å². The monoisotopic (exact) mass is 324 g/mol. The second-order valence-electron chi connectivity index (χ2n) is 5.55. The van der Waals surface area contributed by atoms with Crippen LogP contribution in [0.4, 0.5) is 5.13 Å². The summed E-state index contributed by atoms with van der Waals surface area (Å²) in [5.74, 6) is 0. The van der Waals surface area contributed by atoms with Gasteiger partial charge in [-0.2, -0.15) is 0 Å². The second kappa shape index (κ2) is 7.40. The fraction of sp³-hybridized carbons (Fsp3) is 0.211. The summed E-state index contributed by atoms with van der Waals surface area (Å²) in [6.07, 6.45) is 1.30. The van der Waals surface area contributed by atoms with Crippen LogP contribution in [-0.4, -0.2) is 10.1 Å². The van der Waals surface area contributed by atoms with Crippen molar-refractivity contribution in [3.8, 4) is 0 Å². The van der Waals surface area contributed by atoms with Crippen molar-refractivity contribution < 1.29 is 5.11 Å². The van der Waals surface area contributed by atoms with Gasteiger partial charge in [-0.25, -0.2) is 4.98 Å². The summed E-state index contributed by atoms with van der Waals surface area (Å²) in [6, 6.07) is 20.8. The molecule has 2 aromatic carbocycles. The minimum Gasteiger partial charge on any atom is -0.388 e. The molecule has 0 radical (unpaired) electrons. The fourth-order valence-electron chi connectivity index (χ4n) is 2.42. The normalized spacial score (nSPS) is 12.1. The zero-order valence-corrected chi connectivity index (χ0v) is 13.9. The lowest BCUT2D eigenvalue weighted by Crippen LogP contribution is -2.21. The summed E-state index contributed by atoms with van der Waals surface area (Å²) in [4.78, 5) is 7.66. The zero-order valence-electron chi connectivity index (χ0n) is 13.1. The molecule has 1 atom stereocenters. The van der Waals surface area contributed by atoms with E-state index in [-0.39, 0.29) is 0 Å². The van der Waals surface area contributed by atoms with Gasteiger partial charge in [0, 0.05) is 19.3 Å². The van der Waals surface area contributed by atoms with Gasteiger partial charge in [0.1, 0.15) is 0 Å². The summed E-state index contributed by atoms with van der Waals surface area (Å²) >= 11 is 1.55. The first-order valence-corrected chi connectivity index (χ1v) is 8.50. The standard InChI is InChI=1S/C19H20N2OS/c1-15(22)18-12-20-19(23-18)21(13-16-8-4-2-5-9-16)14-17-10-6-3-7-11-17/h2-12,15,22H,13-14H2,1H3. The quantitative estimate of drug-likeness (QED) is 0.730. The van der Waals surface area contributed by atoms with Crippen LogP contribution in [0.15, 0.2) is 66.9 Å². The average Bonchev–Trinajstić information content (AvgIpc) is 3.06. The van der Waals surface area contributed by atoms with Gasteiger partial charge in [-0.1, -0.05) is 72.0 Å². The Balaban J connectivity index is 1.85. The number of aromatic nitrogens is 1. The van der Waals surface area contributed by atoms with Gasteiger partial charge in [0.25, 0.3) is 0 Å². The number of benzene rings is 2. The smallest absolute Gasteiger partial charge is 0.186 e. The van der Waals surface area contributed by atoms with Gasteiger partial charge >= 0.3 is 0 Å². The van der Waals surface area contributed by atoms with E-state index in [0.29, 0.717) is 0 Å². The van der Waals surface area contributed by atoms with Crippen LogP contribution in [0.1, 0.15) is 29.0 Å². The van der Waals surface area contributed by atoms with Crippen LogP contribution in [0.5, 0.6) is 0 Å². The highest BCUT2D eigenvalue weighted by atomic mass is 32.1. The third-order valence-corrected chi connectivity index (χ3v) is 4.85. The molecule has 0 aliphatic heterocycles. The first-order chi connectivity index (χ1) is 11.2. The minimum atomic E-state index is -0.475. The molecule has 118 valence electrons. The van der Waals surface area contributed by atoms with E-state index in [1.54, 1.807) is 24.5 Å². The number of rotatable bonds is 6. The molecule has 1 N–H and O–H groups in total. The van der Waals surface area contributed by atoms with E-state index in [1.807, 2.05) is 12.1 Å². The maximum atomic E-state index is 9.75. The van der Waals surface area contributed by atoms with Gasteiger partial charge in [0.2, 0.25) is 0 Å². The number of hydrogen-bond donors (Lipinski definition) is 1. The van der Waals surface area contributed by atoms with Crippen LogP contribution in [0.3, 0.4) is 0 Å². The molecule has 0 aliphatic carbocycles. The molecule has 1 aromatic heterocycles. The Morgan fingerprint density at radius 3 is 1.91 bits per heavy atom. The molecule has 1 heterocycles. The third-order valence-electron chi connectivity index (χ3n) is 3.63. The van der Waals surface area contributed by atoms with Gasteiger partial charge in [-0.15, -0.1) is 0 Å². The Morgan fingerprint density at radius 1 is 0.957 bits per heavy atom. The van der Waals surface area contributed by atoms with Crippen LogP contribution in [0.25, 0.3) is 0 Å². The van der Waals surface area contributed by atoms with E-state index >= 15 is 0 Å². The van der Waals surface area contributed by atoms with E-state index in [0.717, 1.165) is 23.1 Å². The van der Waals surface area contributed by atoms with Crippen molar-refractivity contribution in [1.82, 2.24) is 4.98 Å². The molecule has 3 nitrogen and oxygen atoms in total. The average molecular weight is 324 g/mol. The van der Waals surface area contributed by atoms with Crippen molar-refractivity contribution in [1.29, 1.82) is 0 Å². The molecule has 3 rings (SSSR count). The van der Waals surface area contributed by atoms with Crippen molar-refractivity contribution in [2.45, 2.75) is 26.1 Å². The first-order valence-electron chi connectivity index (χ1n) is 7.69. The Bertz CT molecular complexity index is 684. The highest BCUT2D eigenvalue weighted by Gasteiger charge is 2.14. The summed E-state index contributed by atoms with van der Waals surface area (Å²) in [5, 5.41) is 10.7. The largest absolute Gasteiger partial charge is 0.388 e. The van der Waals surface area contributed by atoms with Crippen molar-refractivity contribution in [2.24, 2.45) is 0 Å². The predicted molar refractivity (Wildman–Crippen MR) is 95.5 cm³/mol. The number of hydrogen-bond acceptors (Lipinski definition) is 4. The Morgan fingerprint density at radius 2 is 1.48 bits per heavy atom. The SMILES string of the molecule is CC(O)c1cnc(N(Cc2ccccc2)Cc2ccccc2)s1. The van der Waals surface area contributed by atoms with Crippen molar-refractivity contribution in [3.05, 3.63) is 82.9 Å². The lowest BCUT2D eigenvalue weighted by atomic mass is 10.2. The molecule has 0 spiro atoms. The third kappa shape index (κ3) is 4.18. The lowest BCUT2D eigenvalue weighted by Gasteiger charge is -2.22. The summed E-state index contributed by atoms with van der Waals surface area (Å²) in [6.45, 7) is 3.36. The van der Waals surface area contributed by atoms with Gasteiger partial charge in [0.15, 0.2) is 5.13 Å². The minimum absolute atomic E-state index is 0.475. The Kier molecular flexibility index (Phi) is 5.05. The summed E-state index contributed by atoms with van der Waals surface area (Å²) in [7, 11) is 0.